The molecule has 29 heavy (non-hydrogen) atoms. The standard InChI is InChI=1S/C21H28BrN3O3S/c1-3-24(16-7-5-4-6-8-16)19(26)14-29-21-23-18-10-9-15(22)13-17(18)20(27)25(21)11-12-28-2/h9-10,13,16H,3-8,11-12,14H2,1-2H3. The molecule has 0 spiro atoms. The molecule has 0 atom stereocenters. The van der Waals surface area contributed by atoms with Crippen LogP contribution in [-0.2, 0) is 16.1 Å². The molecule has 1 aromatic heterocycles. The number of fused-ring (bicyclic) bond motifs is 1. The first kappa shape index (κ1) is 22.3. The summed E-state index contributed by atoms with van der Waals surface area (Å²) in [6.45, 7) is 3.57. The van der Waals surface area contributed by atoms with Crippen LogP contribution in [-0.4, -0.2) is 52.4 Å². The summed E-state index contributed by atoms with van der Waals surface area (Å²) in [6, 6.07) is 5.83. The van der Waals surface area contributed by atoms with Gasteiger partial charge in [-0.1, -0.05) is 47.0 Å². The van der Waals surface area contributed by atoms with Crippen LogP contribution >= 0.6 is 27.7 Å². The van der Waals surface area contributed by atoms with Crippen molar-refractivity contribution in [3.63, 3.8) is 0 Å². The van der Waals surface area contributed by atoms with Crippen molar-refractivity contribution in [3.8, 4) is 0 Å². The molecule has 1 fully saturated rings. The molecule has 2 aromatic rings. The van der Waals surface area contributed by atoms with Gasteiger partial charge in [-0.15, -0.1) is 0 Å². The molecule has 1 amide bonds. The van der Waals surface area contributed by atoms with Gasteiger partial charge >= 0.3 is 0 Å². The number of rotatable bonds is 8. The smallest absolute Gasteiger partial charge is 0.262 e. The number of aromatic nitrogens is 2. The maximum absolute atomic E-state index is 13.0. The SMILES string of the molecule is CCN(C(=O)CSc1nc2ccc(Br)cc2c(=O)n1CCOC)C1CCCCC1. The predicted molar refractivity (Wildman–Crippen MR) is 121 cm³/mol. The third kappa shape index (κ3) is 5.41. The molecule has 0 radical (unpaired) electrons. The molecule has 158 valence electrons. The molecule has 0 saturated heterocycles. The number of nitrogens with zero attached hydrogens (tertiary/aromatic N) is 3. The van der Waals surface area contributed by atoms with Crippen LogP contribution in [0.3, 0.4) is 0 Å². The first-order valence-electron chi connectivity index (χ1n) is 10.2. The number of hydrogen-bond acceptors (Lipinski definition) is 5. The van der Waals surface area contributed by atoms with Gasteiger partial charge in [0.25, 0.3) is 5.56 Å². The zero-order valence-electron chi connectivity index (χ0n) is 17.0. The Labute approximate surface area is 184 Å². The molecule has 1 aliphatic rings. The van der Waals surface area contributed by atoms with Crippen LogP contribution in [0.2, 0.25) is 0 Å². The van der Waals surface area contributed by atoms with Gasteiger partial charge in [-0.3, -0.25) is 14.2 Å². The summed E-state index contributed by atoms with van der Waals surface area (Å²) >= 11 is 4.76. The average Bonchev–Trinajstić information content (AvgIpc) is 2.73. The molecule has 0 aliphatic heterocycles. The number of halogens is 1. The topological polar surface area (TPSA) is 64.4 Å². The highest BCUT2D eigenvalue weighted by Crippen LogP contribution is 2.25. The Balaban J connectivity index is 1.83. The average molecular weight is 482 g/mol. The van der Waals surface area contributed by atoms with E-state index in [0.29, 0.717) is 35.3 Å². The van der Waals surface area contributed by atoms with Gasteiger partial charge in [0.15, 0.2) is 5.16 Å². The molecule has 0 bridgehead atoms. The molecular formula is C21H28BrN3O3S. The Morgan fingerprint density at radius 2 is 2.10 bits per heavy atom. The first-order chi connectivity index (χ1) is 14.0. The maximum Gasteiger partial charge on any atom is 0.262 e. The van der Waals surface area contributed by atoms with E-state index >= 15 is 0 Å². The minimum Gasteiger partial charge on any atom is -0.383 e. The summed E-state index contributed by atoms with van der Waals surface area (Å²) in [7, 11) is 1.61. The molecule has 6 nitrogen and oxygen atoms in total. The third-order valence-electron chi connectivity index (χ3n) is 5.40. The fourth-order valence-electron chi connectivity index (χ4n) is 3.90. The maximum atomic E-state index is 13.0. The van der Waals surface area contributed by atoms with Crippen molar-refractivity contribution < 1.29 is 9.53 Å². The summed E-state index contributed by atoms with van der Waals surface area (Å²) in [5.41, 5.74) is 0.532. The number of methoxy groups -OCH3 is 1. The van der Waals surface area contributed by atoms with E-state index in [0.717, 1.165) is 23.9 Å². The van der Waals surface area contributed by atoms with Crippen LogP contribution in [0.1, 0.15) is 39.0 Å². The Kier molecular flexibility index (Phi) is 8.15. The summed E-state index contributed by atoms with van der Waals surface area (Å²) < 4.78 is 7.63. The van der Waals surface area contributed by atoms with Gasteiger partial charge in [0.1, 0.15) is 0 Å². The summed E-state index contributed by atoms with van der Waals surface area (Å²) in [5.74, 6) is 0.402. The normalized spacial score (nSPS) is 15.0. The van der Waals surface area contributed by atoms with Crippen molar-refractivity contribution in [2.75, 3.05) is 26.0 Å². The largest absolute Gasteiger partial charge is 0.383 e. The number of thioether (sulfide) groups is 1. The van der Waals surface area contributed by atoms with Crippen LogP contribution in [0.5, 0.6) is 0 Å². The van der Waals surface area contributed by atoms with Gasteiger partial charge in [0.2, 0.25) is 5.91 Å². The molecule has 3 rings (SSSR count). The van der Waals surface area contributed by atoms with Gasteiger partial charge in [0, 0.05) is 24.2 Å². The number of hydrogen-bond donors (Lipinski definition) is 0. The monoisotopic (exact) mass is 481 g/mol. The molecular weight excluding hydrogens is 454 g/mol. The van der Waals surface area contributed by atoms with Crippen LogP contribution in [0, 0.1) is 0 Å². The van der Waals surface area contributed by atoms with Crippen LogP contribution < -0.4 is 5.56 Å². The highest BCUT2D eigenvalue weighted by molar-refractivity contribution is 9.10. The lowest BCUT2D eigenvalue weighted by Crippen LogP contribution is -2.42. The Hall–Kier alpha value is -1.38. The van der Waals surface area contributed by atoms with E-state index < -0.39 is 0 Å². The van der Waals surface area contributed by atoms with Crippen LogP contribution in [0.25, 0.3) is 10.9 Å². The molecule has 1 aromatic carbocycles. The third-order valence-corrected chi connectivity index (χ3v) is 6.86. The van der Waals surface area contributed by atoms with Gasteiger partial charge < -0.3 is 9.64 Å². The Morgan fingerprint density at radius 3 is 2.79 bits per heavy atom. The summed E-state index contributed by atoms with van der Waals surface area (Å²) in [5, 5.41) is 1.12. The summed E-state index contributed by atoms with van der Waals surface area (Å²) in [4.78, 5) is 32.6. The lowest BCUT2D eigenvalue weighted by atomic mass is 9.94. The lowest BCUT2D eigenvalue weighted by Gasteiger charge is -2.33. The van der Waals surface area contributed by atoms with Crippen LogP contribution in [0.15, 0.2) is 32.6 Å². The Morgan fingerprint density at radius 1 is 1.34 bits per heavy atom. The minimum absolute atomic E-state index is 0.108. The number of benzene rings is 1. The van der Waals surface area contributed by atoms with Gasteiger partial charge in [-0.05, 0) is 38.0 Å². The van der Waals surface area contributed by atoms with Crippen molar-refractivity contribution in [2.24, 2.45) is 0 Å². The number of ether oxygens (including phenoxy) is 1. The number of carbonyl (C=O) groups excluding carboxylic acids is 1. The van der Waals surface area contributed by atoms with E-state index in [1.165, 1.54) is 31.0 Å². The quantitative estimate of drug-likeness (QED) is 0.419. The zero-order valence-corrected chi connectivity index (χ0v) is 19.4. The molecule has 1 aliphatic carbocycles. The second kappa shape index (κ2) is 10.6. The second-order valence-electron chi connectivity index (χ2n) is 7.27. The first-order valence-corrected chi connectivity index (χ1v) is 11.9. The molecule has 0 N–H and O–H groups in total. The van der Waals surface area contributed by atoms with E-state index in [-0.39, 0.29) is 17.2 Å². The van der Waals surface area contributed by atoms with Crippen molar-refractivity contribution >= 4 is 44.5 Å². The van der Waals surface area contributed by atoms with E-state index in [1.807, 2.05) is 24.0 Å². The second-order valence-corrected chi connectivity index (χ2v) is 9.12. The van der Waals surface area contributed by atoms with Crippen molar-refractivity contribution in [1.29, 1.82) is 0 Å². The van der Waals surface area contributed by atoms with Gasteiger partial charge in [0.05, 0.1) is 29.8 Å². The van der Waals surface area contributed by atoms with Gasteiger partial charge in [-0.25, -0.2) is 4.98 Å². The van der Waals surface area contributed by atoms with Gasteiger partial charge in [-0.2, -0.15) is 0 Å². The zero-order chi connectivity index (χ0) is 20.8. The van der Waals surface area contributed by atoms with E-state index in [4.69, 9.17) is 4.74 Å². The van der Waals surface area contributed by atoms with E-state index in [1.54, 1.807) is 17.7 Å². The van der Waals surface area contributed by atoms with Crippen molar-refractivity contribution in [1.82, 2.24) is 14.5 Å². The summed E-state index contributed by atoms with van der Waals surface area (Å²) in [6.07, 6.45) is 5.83. The Bertz CT molecular complexity index is 912. The van der Waals surface area contributed by atoms with E-state index in [9.17, 15) is 9.59 Å². The molecule has 1 heterocycles. The molecule has 8 heteroatoms. The number of amides is 1. The number of carbonyl (C=O) groups is 1. The van der Waals surface area contributed by atoms with Crippen LogP contribution in [0.4, 0.5) is 0 Å². The minimum atomic E-state index is -0.108. The lowest BCUT2D eigenvalue weighted by molar-refractivity contribution is -0.131. The highest BCUT2D eigenvalue weighted by Gasteiger charge is 2.24. The fraction of sp³-hybridized carbons (Fsp3) is 0.571. The molecule has 1 saturated carbocycles. The van der Waals surface area contributed by atoms with E-state index in [2.05, 4.69) is 20.9 Å². The molecule has 0 unspecified atom stereocenters. The predicted octanol–water partition coefficient (Wildman–Crippen LogP) is 4.08. The van der Waals surface area contributed by atoms with Crippen molar-refractivity contribution in [3.05, 3.63) is 33.0 Å². The van der Waals surface area contributed by atoms with Crippen molar-refractivity contribution in [2.45, 2.75) is 56.8 Å². The fourth-order valence-corrected chi connectivity index (χ4v) is 5.18. The highest BCUT2D eigenvalue weighted by atomic mass is 79.9.